The molecule has 0 aromatic rings. The largest absolute Gasteiger partial charge is 0.481 e. The third-order valence-electron chi connectivity index (χ3n) is 8.17. The highest BCUT2D eigenvalue weighted by Gasteiger charge is 2.79. The smallest absolute Gasteiger partial charge is 0.303 e. The second-order valence-corrected chi connectivity index (χ2v) is 8.44. The average molecular weight is 274 g/mol. The Bertz CT molecular complexity index is 439. The summed E-state index contributed by atoms with van der Waals surface area (Å²) in [6, 6.07) is 0. The summed E-state index contributed by atoms with van der Waals surface area (Å²) in [6.45, 7) is 0. The number of aliphatic carboxylic acids is 1. The van der Waals surface area contributed by atoms with Crippen molar-refractivity contribution in [3.8, 4) is 0 Å². The molecular formula is C18H26O2. The normalized spacial score (nSPS) is 56.3. The van der Waals surface area contributed by atoms with E-state index in [9.17, 15) is 4.79 Å². The zero-order chi connectivity index (χ0) is 13.4. The van der Waals surface area contributed by atoms with Gasteiger partial charge in [0.05, 0.1) is 0 Å². The molecule has 1 N–H and O–H groups in total. The van der Waals surface area contributed by atoms with Gasteiger partial charge in [-0.3, -0.25) is 4.79 Å². The molecule has 20 heavy (non-hydrogen) atoms. The van der Waals surface area contributed by atoms with Crippen molar-refractivity contribution in [2.75, 3.05) is 0 Å². The van der Waals surface area contributed by atoms with Crippen molar-refractivity contribution in [3.05, 3.63) is 0 Å². The first kappa shape index (κ1) is 12.1. The lowest BCUT2D eigenvalue weighted by Crippen LogP contribution is -2.80. The van der Waals surface area contributed by atoms with Crippen LogP contribution in [0.2, 0.25) is 0 Å². The molecule has 0 aliphatic heterocycles. The van der Waals surface area contributed by atoms with E-state index in [1.807, 2.05) is 0 Å². The van der Waals surface area contributed by atoms with Crippen molar-refractivity contribution in [3.63, 3.8) is 0 Å². The zero-order valence-electron chi connectivity index (χ0n) is 12.2. The maximum atomic E-state index is 10.5. The predicted octanol–water partition coefficient (Wildman–Crippen LogP) is 3.81. The van der Waals surface area contributed by atoms with Crippen LogP contribution < -0.4 is 0 Å². The molecule has 5 aliphatic carbocycles. The molecule has 0 saturated heterocycles. The summed E-state index contributed by atoms with van der Waals surface area (Å²) in [5.74, 6) is 9.80. The second-order valence-electron chi connectivity index (χ2n) is 8.44. The van der Waals surface area contributed by atoms with Crippen molar-refractivity contribution < 1.29 is 9.90 Å². The highest BCUT2D eigenvalue weighted by Crippen LogP contribution is 2.84. The summed E-state index contributed by atoms with van der Waals surface area (Å²) in [5.41, 5.74) is 0. The minimum absolute atomic E-state index is 0.369. The van der Waals surface area contributed by atoms with E-state index in [1.165, 1.54) is 54.8 Å². The van der Waals surface area contributed by atoms with Crippen LogP contribution in [0, 0.1) is 53.3 Å². The van der Waals surface area contributed by atoms with Crippen LogP contribution in [0.4, 0.5) is 0 Å². The van der Waals surface area contributed by atoms with Crippen molar-refractivity contribution in [2.45, 2.75) is 51.4 Å². The highest BCUT2D eigenvalue weighted by molar-refractivity contribution is 5.66. The zero-order valence-corrected chi connectivity index (χ0v) is 12.2. The standard InChI is InChI=1S/C18H26O2/c19-13(20)5-3-1-2-4-9-8-12-14(9)18-16-11-7-6-10(11)15(16)17(12)18/h9-12,14-18H,1-8H2,(H,19,20). The van der Waals surface area contributed by atoms with Gasteiger partial charge in [0.1, 0.15) is 0 Å². The molecule has 5 rings (SSSR count). The van der Waals surface area contributed by atoms with Crippen molar-refractivity contribution >= 4 is 5.97 Å². The van der Waals surface area contributed by atoms with E-state index in [0.29, 0.717) is 6.42 Å². The van der Waals surface area contributed by atoms with E-state index in [4.69, 9.17) is 5.11 Å². The van der Waals surface area contributed by atoms with Crippen LogP contribution in [0.5, 0.6) is 0 Å². The van der Waals surface area contributed by atoms with Gasteiger partial charge in [0.15, 0.2) is 0 Å². The van der Waals surface area contributed by atoms with E-state index in [0.717, 1.165) is 30.6 Å². The van der Waals surface area contributed by atoms with Crippen LogP contribution in [0.1, 0.15) is 51.4 Å². The molecule has 2 heteroatoms. The van der Waals surface area contributed by atoms with Gasteiger partial charge in [-0.1, -0.05) is 19.3 Å². The minimum atomic E-state index is -0.629. The molecule has 0 heterocycles. The fourth-order valence-corrected chi connectivity index (χ4v) is 7.32. The van der Waals surface area contributed by atoms with Crippen LogP contribution in [0.15, 0.2) is 0 Å². The number of carboxylic acids is 1. The second kappa shape index (κ2) is 4.01. The van der Waals surface area contributed by atoms with Crippen molar-refractivity contribution in [1.82, 2.24) is 0 Å². The summed E-state index contributed by atoms with van der Waals surface area (Å²) < 4.78 is 0. The number of fused-ring (bicyclic) bond motifs is 10. The molecular weight excluding hydrogens is 248 g/mol. The van der Waals surface area contributed by atoms with Gasteiger partial charge in [0, 0.05) is 6.42 Å². The molecule has 9 atom stereocenters. The molecule has 5 aliphatic rings. The number of carbonyl (C=O) groups is 1. The monoisotopic (exact) mass is 274 g/mol. The Labute approximate surface area is 121 Å². The molecule has 0 spiro atoms. The lowest BCUT2D eigenvalue weighted by Gasteiger charge is -2.85. The van der Waals surface area contributed by atoms with E-state index < -0.39 is 5.97 Å². The molecule has 110 valence electrons. The Morgan fingerprint density at radius 1 is 0.850 bits per heavy atom. The minimum Gasteiger partial charge on any atom is -0.481 e. The van der Waals surface area contributed by atoms with Gasteiger partial charge < -0.3 is 5.11 Å². The fraction of sp³-hybridized carbons (Fsp3) is 0.944. The topological polar surface area (TPSA) is 37.3 Å². The van der Waals surface area contributed by atoms with E-state index >= 15 is 0 Å². The third-order valence-corrected chi connectivity index (χ3v) is 8.17. The molecule has 2 nitrogen and oxygen atoms in total. The van der Waals surface area contributed by atoms with Crippen LogP contribution in [-0.2, 0) is 4.79 Å². The number of hydrogen-bond donors (Lipinski definition) is 1. The number of rotatable bonds is 6. The Balaban J connectivity index is 1.08. The highest BCUT2D eigenvalue weighted by atomic mass is 16.4. The van der Waals surface area contributed by atoms with Gasteiger partial charge in [-0.25, -0.2) is 0 Å². The van der Waals surface area contributed by atoms with Gasteiger partial charge in [-0.15, -0.1) is 0 Å². The Kier molecular flexibility index (Phi) is 2.42. The number of hydrogen-bond acceptors (Lipinski definition) is 1. The predicted molar refractivity (Wildman–Crippen MR) is 76.0 cm³/mol. The van der Waals surface area contributed by atoms with Crippen LogP contribution >= 0.6 is 0 Å². The Hall–Kier alpha value is -0.530. The molecule has 5 fully saturated rings. The molecule has 9 unspecified atom stereocenters. The van der Waals surface area contributed by atoms with Crippen molar-refractivity contribution in [2.24, 2.45) is 53.3 Å². The fourth-order valence-electron chi connectivity index (χ4n) is 7.32. The molecule has 0 amide bonds. The molecule has 5 saturated carbocycles. The van der Waals surface area contributed by atoms with Gasteiger partial charge in [0.2, 0.25) is 0 Å². The van der Waals surface area contributed by atoms with E-state index in [1.54, 1.807) is 12.8 Å². The first-order valence-electron chi connectivity index (χ1n) is 8.99. The van der Waals surface area contributed by atoms with E-state index in [2.05, 4.69) is 0 Å². The first-order chi connectivity index (χ1) is 9.77. The summed E-state index contributed by atoms with van der Waals surface area (Å²) >= 11 is 0. The van der Waals surface area contributed by atoms with E-state index in [-0.39, 0.29) is 0 Å². The van der Waals surface area contributed by atoms with Gasteiger partial charge in [-0.2, -0.15) is 0 Å². The van der Waals surface area contributed by atoms with Crippen LogP contribution in [-0.4, -0.2) is 11.1 Å². The molecule has 0 bridgehead atoms. The Morgan fingerprint density at radius 2 is 1.55 bits per heavy atom. The Morgan fingerprint density at radius 3 is 2.25 bits per heavy atom. The number of unbranched alkanes of at least 4 members (excludes halogenated alkanes) is 2. The SMILES string of the molecule is O=C(O)CCCCCC1CC2C1C1C3C4CCC4C3C21. The molecule has 0 radical (unpaired) electrons. The summed E-state index contributed by atoms with van der Waals surface area (Å²) in [5, 5.41) is 8.65. The lowest BCUT2D eigenvalue weighted by atomic mass is 9.20. The number of carboxylic acid groups (broad SMARTS) is 1. The summed E-state index contributed by atoms with van der Waals surface area (Å²) in [4.78, 5) is 10.5. The summed E-state index contributed by atoms with van der Waals surface area (Å²) in [6.07, 6.45) is 9.72. The maximum Gasteiger partial charge on any atom is 0.303 e. The lowest BCUT2D eigenvalue weighted by molar-refractivity contribution is -0.375. The maximum absolute atomic E-state index is 10.5. The molecule has 0 aromatic heterocycles. The first-order valence-corrected chi connectivity index (χ1v) is 8.99. The van der Waals surface area contributed by atoms with Gasteiger partial charge in [0.25, 0.3) is 0 Å². The molecule has 0 aromatic carbocycles. The summed E-state index contributed by atoms with van der Waals surface area (Å²) in [7, 11) is 0. The van der Waals surface area contributed by atoms with Gasteiger partial charge in [-0.05, 0) is 78.9 Å². The van der Waals surface area contributed by atoms with Gasteiger partial charge >= 0.3 is 5.97 Å². The quantitative estimate of drug-likeness (QED) is 0.591. The van der Waals surface area contributed by atoms with Crippen molar-refractivity contribution in [1.29, 1.82) is 0 Å². The van der Waals surface area contributed by atoms with Crippen LogP contribution in [0.25, 0.3) is 0 Å². The van der Waals surface area contributed by atoms with Crippen LogP contribution in [0.3, 0.4) is 0 Å². The average Bonchev–Trinajstić information content (AvgIpc) is 2.36. The third kappa shape index (κ3) is 1.30.